The average Bonchev–Trinajstić information content (AvgIpc) is 2.87. The summed E-state index contributed by atoms with van der Waals surface area (Å²) < 4.78 is 5.52. The van der Waals surface area contributed by atoms with Crippen LogP contribution in [0.25, 0.3) is 6.08 Å². The van der Waals surface area contributed by atoms with Crippen LogP contribution in [-0.2, 0) is 4.74 Å². The summed E-state index contributed by atoms with van der Waals surface area (Å²) in [5.41, 5.74) is 1.14. The van der Waals surface area contributed by atoms with Gasteiger partial charge in [-0.05, 0) is 17.7 Å². The van der Waals surface area contributed by atoms with Crippen LogP contribution in [0.15, 0.2) is 66.2 Å². The third kappa shape index (κ3) is 3.66. The minimum Gasteiger partial charge on any atom is -0.468 e. The van der Waals surface area contributed by atoms with Gasteiger partial charge in [0.1, 0.15) is 12.1 Å². The van der Waals surface area contributed by atoms with Crippen molar-refractivity contribution in [2.75, 3.05) is 6.61 Å². The second-order valence-corrected chi connectivity index (χ2v) is 4.16. The minimum absolute atomic E-state index is 0.0338. The van der Waals surface area contributed by atoms with Crippen LogP contribution in [0.4, 0.5) is 0 Å². The van der Waals surface area contributed by atoms with E-state index in [-0.39, 0.29) is 18.8 Å². The molecule has 0 aliphatic carbocycles. The van der Waals surface area contributed by atoms with Crippen LogP contribution >= 0.6 is 0 Å². The molecule has 19 heavy (non-hydrogen) atoms. The van der Waals surface area contributed by atoms with Crippen molar-refractivity contribution in [1.82, 2.24) is 0 Å². The van der Waals surface area contributed by atoms with E-state index in [0.717, 1.165) is 5.56 Å². The third-order valence-electron chi connectivity index (χ3n) is 2.79. The molecule has 1 heterocycles. The maximum atomic E-state index is 9.13. The molecule has 0 bridgehead atoms. The summed E-state index contributed by atoms with van der Waals surface area (Å²) in [6.07, 6.45) is 9.00. The second kappa shape index (κ2) is 6.71. The van der Waals surface area contributed by atoms with Crippen LogP contribution in [-0.4, -0.2) is 29.8 Å². The first-order valence-electron chi connectivity index (χ1n) is 6.21. The Kier molecular flexibility index (Phi) is 4.70. The fraction of sp³-hybridized carbons (Fsp3) is 0.188. The van der Waals surface area contributed by atoms with Crippen molar-refractivity contribution in [3.63, 3.8) is 0 Å². The maximum absolute atomic E-state index is 9.13. The van der Waals surface area contributed by atoms with Crippen molar-refractivity contribution < 1.29 is 9.84 Å². The molecule has 0 aromatic heterocycles. The van der Waals surface area contributed by atoms with Crippen LogP contribution in [0.3, 0.4) is 0 Å². The number of hydrogen-bond donors (Lipinski definition) is 1. The number of benzene rings is 1. The third-order valence-corrected chi connectivity index (χ3v) is 2.79. The molecule has 1 aliphatic heterocycles. The van der Waals surface area contributed by atoms with Crippen molar-refractivity contribution in [3.8, 4) is 0 Å². The zero-order valence-electron chi connectivity index (χ0n) is 10.6. The smallest absolute Gasteiger partial charge is 0.209 e. The first-order chi connectivity index (χ1) is 9.33. The molecule has 0 spiro atoms. The Morgan fingerprint density at radius 1 is 1.21 bits per heavy atom. The van der Waals surface area contributed by atoms with Crippen LogP contribution in [0.5, 0.6) is 0 Å². The van der Waals surface area contributed by atoms with Gasteiger partial charge in [-0.2, -0.15) is 0 Å². The lowest BCUT2D eigenvalue weighted by Crippen LogP contribution is -2.22. The van der Waals surface area contributed by atoms with Crippen LogP contribution in [0.2, 0.25) is 0 Å². The van der Waals surface area contributed by atoms with Gasteiger partial charge in [0.2, 0.25) is 5.90 Å². The largest absolute Gasteiger partial charge is 0.468 e. The van der Waals surface area contributed by atoms with Gasteiger partial charge >= 0.3 is 0 Å². The number of rotatable bonds is 5. The van der Waals surface area contributed by atoms with Gasteiger partial charge in [0.05, 0.1) is 6.61 Å². The molecule has 0 saturated carbocycles. The van der Waals surface area contributed by atoms with Crippen LogP contribution < -0.4 is 0 Å². The number of nitrogens with zero attached hydrogens (tertiary/aromatic N) is 1. The fourth-order valence-electron chi connectivity index (χ4n) is 1.79. The lowest BCUT2D eigenvalue weighted by Gasteiger charge is -2.09. The number of allylic oxidation sites excluding steroid dienone is 2. The summed E-state index contributed by atoms with van der Waals surface area (Å²) >= 11 is 0. The summed E-state index contributed by atoms with van der Waals surface area (Å²) in [6, 6.07) is 9.80. The van der Waals surface area contributed by atoms with Crippen molar-refractivity contribution >= 4 is 12.0 Å². The number of ether oxygens (including phenoxy) is 1. The summed E-state index contributed by atoms with van der Waals surface area (Å²) in [5, 5.41) is 9.13. The van der Waals surface area contributed by atoms with Crippen molar-refractivity contribution in [1.29, 1.82) is 0 Å². The second-order valence-electron chi connectivity index (χ2n) is 4.16. The monoisotopic (exact) mass is 255 g/mol. The number of hydrogen-bond acceptors (Lipinski definition) is 3. The molecule has 1 N–H and O–H groups in total. The highest BCUT2D eigenvalue weighted by Gasteiger charge is 2.26. The topological polar surface area (TPSA) is 41.8 Å². The standard InChI is InChI=1S/C16H17NO2/c1-2-15-14(12-18)17-16(19-15)11-7-6-10-13-8-4-3-5-9-13/h2-11,14-15,18H,1,12H2/b10-6+,11-7-/t14-,15-/m0/s1. The molecule has 98 valence electrons. The van der Waals surface area contributed by atoms with E-state index < -0.39 is 0 Å². The average molecular weight is 255 g/mol. The van der Waals surface area contributed by atoms with E-state index in [1.54, 1.807) is 12.2 Å². The van der Waals surface area contributed by atoms with Crippen LogP contribution in [0, 0.1) is 0 Å². The Labute approximate surface area is 113 Å². The zero-order valence-corrected chi connectivity index (χ0v) is 10.6. The number of aliphatic hydroxyl groups is 1. The van der Waals surface area contributed by atoms with Crippen molar-refractivity contribution in [2.24, 2.45) is 4.99 Å². The molecular formula is C16H17NO2. The first kappa shape index (κ1) is 13.3. The molecule has 0 saturated heterocycles. The molecule has 0 radical (unpaired) electrons. The van der Waals surface area contributed by atoms with E-state index in [1.807, 2.05) is 48.6 Å². The molecule has 1 aromatic carbocycles. The fourth-order valence-corrected chi connectivity index (χ4v) is 1.79. The molecule has 2 atom stereocenters. The van der Waals surface area contributed by atoms with E-state index in [2.05, 4.69) is 11.6 Å². The predicted molar refractivity (Wildman–Crippen MR) is 78.0 cm³/mol. The predicted octanol–water partition coefficient (Wildman–Crippen LogP) is 2.60. The Morgan fingerprint density at radius 3 is 2.58 bits per heavy atom. The van der Waals surface area contributed by atoms with Crippen LogP contribution in [0.1, 0.15) is 5.56 Å². The molecule has 3 nitrogen and oxygen atoms in total. The molecule has 0 fully saturated rings. The summed E-state index contributed by atoms with van der Waals surface area (Å²) in [7, 11) is 0. The molecule has 2 rings (SSSR count). The molecular weight excluding hydrogens is 238 g/mol. The van der Waals surface area contributed by atoms with Crippen molar-refractivity contribution in [3.05, 3.63) is 66.8 Å². The molecule has 1 aromatic rings. The molecule has 1 aliphatic rings. The Hall–Kier alpha value is -2.13. The van der Waals surface area contributed by atoms with E-state index in [1.165, 1.54) is 0 Å². The summed E-state index contributed by atoms with van der Waals surface area (Å²) in [6.45, 7) is 3.63. The first-order valence-corrected chi connectivity index (χ1v) is 6.21. The van der Waals surface area contributed by atoms with Gasteiger partial charge in [-0.25, -0.2) is 4.99 Å². The van der Waals surface area contributed by atoms with E-state index in [4.69, 9.17) is 9.84 Å². The number of aliphatic hydroxyl groups excluding tert-OH is 1. The quantitative estimate of drug-likeness (QED) is 0.649. The van der Waals surface area contributed by atoms with Gasteiger partial charge < -0.3 is 9.84 Å². The molecule has 3 heteroatoms. The summed E-state index contributed by atoms with van der Waals surface area (Å²) in [4.78, 5) is 4.26. The van der Waals surface area contributed by atoms with Gasteiger partial charge in [-0.3, -0.25) is 0 Å². The molecule has 0 unspecified atom stereocenters. The van der Waals surface area contributed by atoms with Gasteiger partial charge in [0.15, 0.2) is 0 Å². The highest BCUT2D eigenvalue weighted by atomic mass is 16.5. The van der Waals surface area contributed by atoms with E-state index in [0.29, 0.717) is 5.90 Å². The zero-order chi connectivity index (χ0) is 13.5. The lowest BCUT2D eigenvalue weighted by atomic mass is 10.2. The van der Waals surface area contributed by atoms with Crippen molar-refractivity contribution in [2.45, 2.75) is 12.1 Å². The maximum Gasteiger partial charge on any atom is 0.209 e. The highest BCUT2D eigenvalue weighted by Crippen LogP contribution is 2.14. The van der Waals surface area contributed by atoms with E-state index in [9.17, 15) is 0 Å². The van der Waals surface area contributed by atoms with Gasteiger partial charge in [-0.1, -0.05) is 55.1 Å². The minimum atomic E-state index is -0.241. The SMILES string of the molecule is C=C[C@@H]1OC(/C=C\C=C\c2ccccc2)=N[C@H]1CO. The highest BCUT2D eigenvalue weighted by molar-refractivity contribution is 5.89. The van der Waals surface area contributed by atoms with Gasteiger partial charge in [0.25, 0.3) is 0 Å². The molecule has 0 amide bonds. The summed E-state index contributed by atoms with van der Waals surface area (Å²) in [5.74, 6) is 0.529. The Balaban J connectivity index is 1.93. The van der Waals surface area contributed by atoms with E-state index >= 15 is 0 Å². The number of aliphatic imine (C=N–C) groups is 1. The lowest BCUT2D eigenvalue weighted by molar-refractivity contribution is 0.185. The Morgan fingerprint density at radius 2 is 1.95 bits per heavy atom. The van der Waals surface area contributed by atoms with Gasteiger partial charge in [0, 0.05) is 0 Å². The normalized spacial score (nSPS) is 22.7. The Bertz CT molecular complexity index is 503. The van der Waals surface area contributed by atoms with Gasteiger partial charge in [-0.15, -0.1) is 0 Å².